The van der Waals surface area contributed by atoms with Gasteiger partial charge in [-0.15, -0.1) is 11.6 Å². The highest BCUT2D eigenvalue weighted by molar-refractivity contribution is 6.33. The normalized spacial score (nSPS) is 15.6. The first kappa shape index (κ1) is 10.1. The first-order valence-electron chi connectivity index (χ1n) is 4.76. The molecule has 0 radical (unpaired) electrons. The number of hydrogen-bond acceptors (Lipinski definition) is 2. The first-order chi connectivity index (χ1) is 6.83. The van der Waals surface area contributed by atoms with Gasteiger partial charge in [-0.05, 0) is 25.0 Å². The molecule has 1 aromatic rings. The number of halogens is 2. The van der Waals surface area contributed by atoms with E-state index in [4.69, 9.17) is 23.2 Å². The minimum atomic E-state index is 0.598. The van der Waals surface area contributed by atoms with Gasteiger partial charge in [0, 0.05) is 24.7 Å². The van der Waals surface area contributed by atoms with Crippen molar-refractivity contribution in [2.75, 3.05) is 17.3 Å². The third kappa shape index (κ3) is 2.12. The molecule has 0 N–H and O–H groups in total. The van der Waals surface area contributed by atoms with Gasteiger partial charge in [0.05, 0.1) is 5.02 Å². The molecule has 0 saturated heterocycles. The largest absolute Gasteiger partial charge is 0.351 e. The fraction of sp³-hybridized carbons (Fsp3) is 0.500. The van der Waals surface area contributed by atoms with Crippen LogP contribution in [0.1, 0.15) is 12.8 Å². The molecule has 2 nitrogen and oxygen atoms in total. The highest BCUT2D eigenvalue weighted by Gasteiger charge is 2.30. The minimum absolute atomic E-state index is 0.598. The molecule has 0 aromatic carbocycles. The molecular weight excluding hydrogens is 219 g/mol. The van der Waals surface area contributed by atoms with Gasteiger partial charge in [-0.1, -0.05) is 11.6 Å². The topological polar surface area (TPSA) is 16.1 Å². The second kappa shape index (κ2) is 4.37. The fourth-order valence-corrected chi connectivity index (χ4v) is 1.94. The lowest BCUT2D eigenvalue weighted by atomic mass is 10.4. The Morgan fingerprint density at radius 2 is 2.29 bits per heavy atom. The second-order valence-corrected chi connectivity index (χ2v) is 4.21. The molecule has 1 fully saturated rings. The lowest BCUT2D eigenvalue weighted by Gasteiger charge is -2.23. The minimum Gasteiger partial charge on any atom is -0.351 e. The van der Waals surface area contributed by atoms with Gasteiger partial charge >= 0.3 is 0 Å². The number of anilines is 1. The van der Waals surface area contributed by atoms with E-state index in [0.29, 0.717) is 16.9 Å². The maximum absolute atomic E-state index is 6.08. The summed E-state index contributed by atoms with van der Waals surface area (Å²) in [4.78, 5) is 6.50. The molecular formula is C10H12Cl2N2. The Kier molecular flexibility index (Phi) is 3.14. The van der Waals surface area contributed by atoms with Crippen molar-refractivity contribution in [3.05, 3.63) is 23.4 Å². The van der Waals surface area contributed by atoms with Gasteiger partial charge < -0.3 is 4.90 Å². The molecule has 0 aliphatic heterocycles. The summed E-state index contributed by atoms with van der Waals surface area (Å²) in [5.41, 5.74) is 0. The predicted octanol–water partition coefficient (Wildman–Crippen LogP) is 2.94. The van der Waals surface area contributed by atoms with Crippen LogP contribution in [0.3, 0.4) is 0 Å². The van der Waals surface area contributed by atoms with E-state index >= 15 is 0 Å². The highest BCUT2D eigenvalue weighted by atomic mass is 35.5. The van der Waals surface area contributed by atoms with Crippen molar-refractivity contribution in [3.63, 3.8) is 0 Å². The lowest BCUT2D eigenvalue weighted by molar-refractivity contribution is 0.812. The Balaban J connectivity index is 2.21. The van der Waals surface area contributed by atoms with Gasteiger partial charge in [0.1, 0.15) is 5.82 Å². The third-order valence-corrected chi connectivity index (χ3v) is 2.79. The van der Waals surface area contributed by atoms with Crippen LogP contribution in [-0.4, -0.2) is 23.5 Å². The van der Waals surface area contributed by atoms with Gasteiger partial charge in [0.25, 0.3) is 0 Å². The van der Waals surface area contributed by atoms with Gasteiger partial charge in [0.2, 0.25) is 0 Å². The second-order valence-electron chi connectivity index (χ2n) is 3.42. The Bertz CT molecular complexity index is 313. The van der Waals surface area contributed by atoms with Crippen LogP contribution in [0.4, 0.5) is 5.82 Å². The standard InChI is InChI=1S/C10H12Cl2N2/c11-5-7-14(8-3-4-8)10-9(12)2-1-6-13-10/h1-2,6,8H,3-5,7H2. The van der Waals surface area contributed by atoms with Crippen molar-refractivity contribution < 1.29 is 0 Å². The first-order valence-corrected chi connectivity index (χ1v) is 5.67. The van der Waals surface area contributed by atoms with E-state index in [1.54, 1.807) is 6.20 Å². The Hall–Kier alpha value is -0.470. The van der Waals surface area contributed by atoms with Crippen LogP contribution in [0.5, 0.6) is 0 Å². The fourth-order valence-electron chi connectivity index (χ4n) is 1.53. The van der Waals surface area contributed by atoms with Crippen LogP contribution in [0.2, 0.25) is 5.02 Å². The van der Waals surface area contributed by atoms with Crippen molar-refractivity contribution in [2.45, 2.75) is 18.9 Å². The van der Waals surface area contributed by atoms with Crippen LogP contribution in [0, 0.1) is 0 Å². The molecule has 2 rings (SSSR count). The smallest absolute Gasteiger partial charge is 0.147 e. The van der Waals surface area contributed by atoms with E-state index < -0.39 is 0 Å². The number of rotatable bonds is 4. The molecule has 14 heavy (non-hydrogen) atoms. The zero-order chi connectivity index (χ0) is 9.97. The Labute approximate surface area is 93.8 Å². The highest BCUT2D eigenvalue weighted by Crippen LogP contribution is 2.33. The van der Waals surface area contributed by atoms with Crippen molar-refractivity contribution in [2.24, 2.45) is 0 Å². The number of hydrogen-bond donors (Lipinski definition) is 0. The van der Waals surface area contributed by atoms with E-state index in [2.05, 4.69) is 9.88 Å². The Morgan fingerprint density at radius 3 is 2.86 bits per heavy atom. The summed E-state index contributed by atoms with van der Waals surface area (Å²) in [5, 5.41) is 0.713. The average Bonchev–Trinajstić information content (AvgIpc) is 2.99. The molecule has 0 spiro atoms. The van der Waals surface area contributed by atoms with E-state index in [1.165, 1.54) is 12.8 Å². The molecule has 0 amide bonds. The third-order valence-electron chi connectivity index (χ3n) is 2.32. The predicted molar refractivity (Wildman–Crippen MR) is 60.3 cm³/mol. The van der Waals surface area contributed by atoms with Crippen molar-refractivity contribution in [1.29, 1.82) is 0 Å². The summed E-state index contributed by atoms with van der Waals surface area (Å²) >= 11 is 11.8. The van der Waals surface area contributed by atoms with E-state index in [9.17, 15) is 0 Å². The molecule has 0 atom stereocenters. The maximum atomic E-state index is 6.08. The van der Waals surface area contributed by atoms with Crippen molar-refractivity contribution in [1.82, 2.24) is 4.98 Å². The van der Waals surface area contributed by atoms with Crippen LogP contribution >= 0.6 is 23.2 Å². The summed E-state index contributed by atoms with van der Waals surface area (Å²) in [6, 6.07) is 4.31. The van der Waals surface area contributed by atoms with Gasteiger partial charge in [-0.3, -0.25) is 0 Å². The van der Waals surface area contributed by atoms with Gasteiger partial charge in [0.15, 0.2) is 0 Å². The zero-order valence-corrected chi connectivity index (χ0v) is 9.30. The molecule has 0 unspecified atom stereocenters. The van der Waals surface area contributed by atoms with Gasteiger partial charge in [-0.2, -0.15) is 0 Å². The summed E-state index contributed by atoms with van der Waals surface area (Å²) in [5.74, 6) is 1.49. The summed E-state index contributed by atoms with van der Waals surface area (Å²) in [6.45, 7) is 0.822. The maximum Gasteiger partial charge on any atom is 0.147 e. The van der Waals surface area contributed by atoms with E-state index in [0.717, 1.165) is 12.4 Å². The van der Waals surface area contributed by atoms with Crippen molar-refractivity contribution in [3.8, 4) is 0 Å². The van der Waals surface area contributed by atoms with Crippen LogP contribution in [0.15, 0.2) is 18.3 Å². The number of nitrogens with zero attached hydrogens (tertiary/aromatic N) is 2. The number of aromatic nitrogens is 1. The van der Waals surface area contributed by atoms with Crippen LogP contribution < -0.4 is 4.90 Å². The molecule has 76 valence electrons. The monoisotopic (exact) mass is 230 g/mol. The molecule has 1 aliphatic carbocycles. The molecule has 4 heteroatoms. The molecule has 1 aliphatic rings. The van der Waals surface area contributed by atoms with E-state index in [-0.39, 0.29) is 0 Å². The summed E-state index contributed by atoms with van der Waals surface area (Å²) in [6.07, 6.45) is 4.22. The van der Waals surface area contributed by atoms with Gasteiger partial charge in [-0.25, -0.2) is 4.98 Å². The number of pyridine rings is 1. The summed E-state index contributed by atoms with van der Waals surface area (Å²) < 4.78 is 0. The average molecular weight is 231 g/mol. The molecule has 1 heterocycles. The SMILES string of the molecule is ClCCN(c1ncccc1Cl)C1CC1. The molecule has 1 saturated carbocycles. The number of alkyl halides is 1. The van der Waals surface area contributed by atoms with Crippen LogP contribution in [0.25, 0.3) is 0 Å². The zero-order valence-electron chi connectivity index (χ0n) is 7.79. The van der Waals surface area contributed by atoms with Crippen LogP contribution in [-0.2, 0) is 0 Å². The quantitative estimate of drug-likeness (QED) is 0.740. The Morgan fingerprint density at radius 1 is 1.50 bits per heavy atom. The summed E-state index contributed by atoms with van der Waals surface area (Å²) in [7, 11) is 0. The molecule has 1 aromatic heterocycles. The lowest BCUT2D eigenvalue weighted by Crippen LogP contribution is -2.28. The van der Waals surface area contributed by atoms with Crippen molar-refractivity contribution >= 4 is 29.0 Å². The molecule has 0 bridgehead atoms. The van der Waals surface area contributed by atoms with E-state index in [1.807, 2.05) is 12.1 Å².